The van der Waals surface area contributed by atoms with Gasteiger partial charge in [-0.15, -0.1) is 0 Å². The molecule has 5 nitrogen and oxygen atoms in total. The Kier molecular flexibility index (Phi) is 4.73. The number of aromatic nitrogens is 2. The zero-order chi connectivity index (χ0) is 15.4. The maximum absolute atomic E-state index is 12.4. The molecule has 1 aromatic heterocycles. The summed E-state index contributed by atoms with van der Waals surface area (Å²) < 4.78 is 1.38. The van der Waals surface area contributed by atoms with E-state index < -0.39 is 0 Å². The van der Waals surface area contributed by atoms with Gasteiger partial charge in [-0.05, 0) is 25.0 Å². The van der Waals surface area contributed by atoms with Gasteiger partial charge in [0.25, 0.3) is 5.56 Å². The average Bonchev–Trinajstić information content (AvgIpc) is 2.48. The van der Waals surface area contributed by atoms with Crippen molar-refractivity contribution >= 4 is 16.8 Å². The number of hydrogen-bond donors (Lipinski definition) is 0. The van der Waals surface area contributed by atoms with Gasteiger partial charge in [-0.25, -0.2) is 4.98 Å². The third kappa shape index (κ3) is 3.29. The lowest BCUT2D eigenvalue weighted by Gasteiger charge is -2.17. The first-order valence-corrected chi connectivity index (χ1v) is 7.23. The number of unbranched alkanes of at least 4 members (excludes halogenated alkanes) is 1. The molecule has 1 amide bonds. The molecule has 0 fully saturated rings. The lowest BCUT2D eigenvalue weighted by atomic mass is 10.1. The molecule has 0 aliphatic heterocycles. The normalized spacial score (nSPS) is 10.8. The van der Waals surface area contributed by atoms with Crippen molar-refractivity contribution in [2.75, 3.05) is 13.6 Å². The molecule has 0 radical (unpaired) electrons. The van der Waals surface area contributed by atoms with Crippen molar-refractivity contribution in [2.24, 2.45) is 0 Å². The van der Waals surface area contributed by atoms with Crippen LogP contribution in [0.5, 0.6) is 0 Å². The fraction of sp³-hybridized carbons (Fsp3) is 0.438. The summed E-state index contributed by atoms with van der Waals surface area (Å²) in [6.45, 7) is 4.75. The van der Waals surface area contributed by atoms with Crippen molar-refractivity contribution < 1.29 is 4.79 Å². The lowest BCUT2D eigenvalue weighted by molar-refractivity contribution is -0.130. The minimum absolute atomic E-state index is 0.0376. The van der Waals surface area contributed by atoms with E-state index in [-0.39, 0.29) is 18.0 Å². The van der Waals surface area contributed by atoms with E-state index in [2.05, 4.69) is 11.9 Å². The summed E-state index contributed by atoms with van der Waals surface area (Å²) in [5.74, 6) is -0.0700. The molecule has 0 aliphatic rings. The molecule has 0 N–H and O–H groups in total. The number of nitrogens with zero attached hydrogens (tertiary/aromatic N) is 3. The number of benzene rings is 1. The number of hydrogen-bond acceptors (Lipinski definition) is 3. The SMILES string of the molecule is CCCCN(C)C(=O)Cn1cnc2c(C)cccc2c1=O. The van der Waals surface area contributed by atoms with Crippen LogP contribution in [0, 0.1) is 6.92 Å². The van der Waals surface area contributed by atoms with Crippen LogP contribution >= 0.6 is 0 Å². The third-order valence-electron chi connectivity index (χ3n) is 3.63. The Morgan fingerprint density at radius 1 is 1.38 bits per heavy atom. The quantitative estimate of drug-likeness (QED) is 0.844. The van der Waals surface area contributed by atoms with Crippen LogP contribution in [-0.2, 0) is 11.3 Å². The van der Waals surface area contributed by atoms with Crippen LogP contribution < -0.4 is 5.56 Å². The lowest BCUT2D eigenvalue weighted by Crippen LogP contribution is -2.34. The minimum Gasteiger partial charge on any atom is -0.344 e. The molecule has 0 aliphatic carbocycles. The predicted octanol–water partition coefficient (Wildman–Crippen LogP) is 1.96. The van der Waals surface area contributed by atoms with E-state index in [1.165, 1.54) is 10.9 Å². The van der Waals surface area contributed by atoms with Gasteiger partial charge in [-0.1, -0.05) is 25.5 Å². The molecule has 0 atom stereocenters. The van der Waals surface area contributed by atoms with Crippen molar-refractivity contribution in [1.29, 1.82) is 0 Å². The number of fused-ring (bicyclic) bond motifs is 1. The Balaban J connectivity index is 2.26. The fourth-order valence-electron chi connectivity index (χ4n) is 2.24. The summed E-state index contributed by atoms with van der Waals surface area (Å²) >= 11 is 0. The molecule has 2 aromatic rings. The average molecular weight is 287 g/mol. The van der Waals surface area contributed by atoms with Gasteiger partial charge < -0.3 is 4.90 Å². The van der Waals surface area contributed by atoms with E-state index >= 15 is 0 Å². The first-order chi connectivity index (χ1) is 10.0. The number of amides is 1. The van der Waals surface area contributed by atoms with Crippen LogP contribution in [-0.4, -0.2) is 34.0 Å². The molecular formula is C16H21N3O2. The molecule has 112 valence electrons. The molecule has 2 rings (SSSR count). The standard InChI is InChI=1S/C16H21N3O2/c1-4-5-9-18(3)14(20)10-19-11-17-15-12(2)7-6-8-13(15)16(19)21/h6-8,11H,4-5,9-10H2,1-3H3. The molecule has 0 saturated heterocycles. The number of carbonyl (C=O) groups excluding carboxylic acids is 1. The molecule has 0 spiro atoms. The fourth-order valence-corrected chi connectivity index (χ4v) is 2.24. The highest BCUT2D eigenvalue weighted by Crippen LogP contribution is 2.11. The molecule has 21 heavy (non-hydrogen) atoms. The Labute approximate surface area is 124 Å². The number of carbonyl (C=O) groups is 1. The Morgan fingerprint density at radius 3 is 2.86 bits per heavy atom. The summed E-state index contributed by atoms with van der Waals surface area (Å²) in [4.78, 5) is 30.5. The van der Waals surface area contributed by atoms with Crippen LogP contribution in [0.2, 0.25) is 0 Å². The molecule has 0 bridgehead atoms. The van der Waals surface area contributed by atoms with E-state index in [1.807, 2.05) is 19.1 Å². The molecule has 5 heteroatoms. The van der Waals surface area contributed by atoms with Crippen LogP contribution in [0.25, 0.3) is 10.9 Å². The van der Waals surface area contributed by atoms with E-state index in [0.717, 1.165) is 18.4 Å². The highest BCUT2D eigenvalue weighted by atomic mass is 16.2. The monoisotopic (exact) mass is 287 g/mol. The van der Waals surface area contributed by atoms with Gasteiger partial charge in [-0.2, -0.15) is 0 Å². The van der Waals surface area contributed by atoms with Crippen LogP contribution in [0.1, 0.15) is 25.3 Å². The van der Waals surface area contributed by atoms with Gasteiger partial charge in [0.15, 0.2) is 0 Å². The molecule has 0 saturated carbocycles. The molecular weight excluding hydrogens is 266 g/mol. The Morgan fingerprint density at radius 2 is 2.14 bits per heavy atom. The summed E-state index contributed by atoms with van der Waals surface area (Å²) in [5.41, 5.74) is 1.50. The first kappa shape index (κ1) is 15.2. The molecule has 1 aromatic carbocycles. The second kappa shape index (κ2) is 6.52. The largest absolute Gasteiger partial charge is 0.344 e. The maximum Gasteiger partial charge on any atom is 0.261 e. The maximum atomic E-state index is 12.4. The number of likely N-dealkylation sites (N-methyl/N-ethyl adjacent to an activating group) is 1. The predicted molar refractivity (Wildman–Crippen MR) is 83.3 cm³/mol. The highest BCUT2D eigenvalue weighted by molar-refractivity contribution is 5.81. The van der Waals surface area contributed by atoms with Gasteiger partial charge in [0.2, 0.25) is 5.91 Å². The molecule has 0 unspecified atom stereocenters. The Hall–Kier alpha value is -2.17. The highest BCUT2D eigenvalue weighted by Gasteiger charge is 2.12. The van der Waals surface area contributed by atoms with Crippen molar-refractivity contribution in [1.82, 2.24) is 14.5 Å². The van der Waals surface area contributed by atoms with Gasteiger partial charge in [0.05, 0.1) is 17.2 Å². The van der Waals surface area contributed by atoms with Crippen molar-refractivity contribution in [3.8, 4) is 0 Å². The minimum atomic E-state index is -0.166. The second-order valence-electron chi connectivity index (χ2n) is 5.32. The number of rotatable bonds is 5. The van der Waals surface area contributed by atoms with Crippen LogP contribution in [0.15, 0.2) is 29.3 Å². The number of aryl methyl sites for hydroxylation is 1. The third-order valence-corrected chi connectivity index (χ3v) is 3.63. The van der Waals surface area contributed by atoms with Gasteiger partial charge >= 0.3 is 0 Å². The summed E-state index contributed by atoms with van der Waals surface area (Å²) in [6.07, 6.45) is 3.46. The molecule has 1 heterocycles. The number of para-hydroxylation sites is 1. The van der Waals surface area contributed by atoms with Gasteiger partial charge in [0.1, 0.15) is 6.54 Å². The van der Waals surface area contributed by atoms with Crippen molar-refractivity contribution in [2.45, 2.75) is 33.2 Å². The van der Waals surface area contributed by atoms with E-state index in [0.29, 0.717) is 17.4 Å². The second-order valence-corrected chi connectivity index (χ2v) is 5.32. The summed E-state index contributed by atoms with van der Waals surface area (Å²) in [7, 11) is 1.77. The van der Waals surface area contributed by atoms with E-state index in [4.69, 9.17) is 0 Å². The van der Waals surface area contributed by atoms with Gasteiger partial charge in [-0.3, -0.25) is 14.2 Å². The topological polar surface area (TPSA) is 55.2 Å². The zero-order valence-corrected chi connectivity index (χ0v) is 12.8. The zero-order valence-electron chi connectivity index (χ0n) is 12.8. The first-order valence-electron chi connectivity index (χ1n) is 7.23. The van der Waals surface area contributed by atoms with Crippen LogP contribution in [0.4, 0.5) is 0 Å². The Bertz CT molecular complexity index is 706. The van der Waals surface area contributed by atoms with Gasteiger partial charge in [0, 0.05) is 13.6 Å². The van der Waals surface area contributed by atoms with Crippen molar-refractivity contribution in [3.63, 3.8) is 0 Å². The smallest absolute Gasteiger partial charge is 0.261 e. The summed E-state index contributed by atoms with van der Waals surface area (Å²) in [5, 5.41) is 0.557. The van der Waals surface area contributed by atoms with E-state index in [9.17, 15) is 9.59 Å². The van der Waals surface area contributed by atoms with Crippen LogP contribution in [0.3, 0.4) is 0 Å². The summed E-state index contributed by atoms with van der Waals surface area (Å²) in [6, 6.07) is 5.50. The van der Waals surface area contributed by atoms with Crippen molar-refractivity contribution in [3.05, 3.63) is 40.4 Å². The van der Waals surface area contributed by atoms with E-state index in [1.54, 1.807) is 18.0 Å².